The van der Waals surface area contributed by atoms with Crippen LogP contribution in [0, 0.1) is 0 Å². The molecule has 0 aromatic carbocycles. The third-order valence-corrected chi connectivity index (χ3v) is 3.41. The number of rotatable bonds is 2. The van der Waals surface area contributed by atoms with E-state index in [1.54, 1.807) is 17.8 Å². The zero-order valence-corrected chi connectivity index (χ0v) is 10.3. The van der Waals surface area contributed by atoms with Gasteiger partial charge in [-0.05, 0) is 6.92 Å². The number of aliphatic hydroxyl groups excluding tert-OH is 2. The monoisotopic (exact) mass is 265 g/mol. The minimum absolute atomic E-state index is 0.310. The Morgan fingerprint density at radius 3 is 2.79 bits per heavy atom. The first kappa shape index (κ1) is 12.3. The van der Waals surface area contributed by atoms with Crippen molar-refractivity contribution in [2.45, 2.75) is 37.9 Å². The lowest BCUT2D eigenvalue weighted by molar-refractivity contribution is 0.00667. The molecular weight excluding hydrogens is 250 g/mol. The predicted molar refractivity (Wildman–Crippen MR) is 66.1 cm³/mol. The van der Waals surface area contributed by atoms with E-state index >= 15 is 0 Å². The molecule has 2 aromatic rings. The van der Waals surface area contributed by atoms with Crippen LogP contribution in [0.1, 0.15) is 6.92 Å². The first-order valence-corrected chi connectivity index (χ1v) is 6.01. The van der Waals surface area contributed by atoms with Crippen molar-refractivity contribution in [2.24, 2.45) is 0 Å². The second kappa shape index (κ2) is 4.41. The summed E-state index contributed by atoms with van der Waals surface area (Å²) in [6.07, 6.45) is 0.236. The van der Waals surface area contributed by atoms with Gasteiger partial charge in [-0.3, -0.25) is 0 Å². The molecule has 8 heteroatoms. The highest BCUT2D eigenvalue weighted by Crippen LogP contribution is 2.23. The van der Waals surface area contributed by atoms with Crippen molar-refractivity contribution >= 4 is 17.0 Å². The third kappa shape index (κ3) is 1.93. The van der Waals surface area contributed by atoms with Gasteiger partial charge in [0, 0.05) is 0 Å². The Morgan fingerprint density at radius 1 is 1.32 bits per heavy atom. The minimum Gasteiger partial charge on any atom is -0.388 e. The summed E-state index contributed by atoms with van der Waals surface area (Å²) in [6.45, 7) is 2.07. The maximum absolute atomic E-state index is 9.89. The Balaban J connectivity index is 1.88. The molecule has 4 unspecified atom stereocenters. The van der Waals surface area contributed by atoms with Crippen LogP contribution in [0.15, 0.2) is 12.7 Å². The van der Waals surface area contributed by atoms with E-state index in [0.29, 0.717) is 23.5 Å². The van der Waals surface area contributed by atoms with Crippen molar-refractivity contribution in [3.05, 3.63) is 12.7 Å². The fraction of sp³-hybridized carbons (Fsp3) is 0.545. The Kier molecular flexibility index (Phi) is 2.85. The summed E-state index contributed by atoms with van der Waals surface area (Å²) in [4.78, 5) is 12.1. The summed E-state index contributed by atoms with van der Waals surface area (Å²) in [5.74, 6) is 0.310. The highest BCUT2D eigenvalue weighted by atomic mass is 16.5. The number of ether oxygens (including phenoxy) is 1. The Morgan fingerprint density at radius 2 is 2.11 bits per heavy atom. The van der Waals surface area contributed by atoms with Crippen molar-refractivity contribution < 1.29 is 14.9 Å². The van der Waals surface area contributed by atoms with Gasteiger partial charge in [-0.2, -0.15) is 0 Å². The van der Waals surface area contributed by atoms with E-state index in [1.807, 2.05) is 0 Å². The summed E-state index contributed by atoms with van der Waals surface area (Å²) >= 11 is 0. The number of nitrogens with two attached hydrogens (primary N) is 1. The number of fused-ring (bicyclic) bond motifs is 1. The summed E-state index contributed by atoms with van der Waals surface area (Å²) in [6, 6.07) is 0. The van der Waals surface area contributed by atoms with E-state index in [1.165, 1.54) is 6.33 Å². The Hall–Kier alpha value is -1.77. The number of nitrogens with zero attached hydrogens (tertiary/aromatic N) is 4. The number of hydrogen-bond acceptors (Lipinski definition) is 7. The Labute approximate surface area is 108 Å². The Bertz CT molecular complexity index is 601. The lowest BCUT2D eigenvalue weighted by atomic mass is 10.1. The molecule has 1 fully saturated rings. The van der Waals surface area contributed by atoms with Gasteiger partial charge in [-0.1, -0.05) is 0 Å². The molecule has 0 saturated carbocycles. The highest BCUT2D eigenvalue weighted by Gasteiger charge is 2.40. The van der Waals surface area contributed by atoms with Gasteiger partial charge < -0.3 is 25.3 Å². The van der Waals surface area contributed by atoms with Gasteiger partial charge in [-0.25, -0.2) is 15.0 Å². The van der Waals surface area contributed by atoms with Gasteiger partial charge in [0.25, 0.3) is 0 Å². The number of nitrogen functional groups attached to an aromatic ring is 1. The molecule has 1 aliphatic rings. The number of imidazole rings is 1. The number of anilines is 1. The summed E-state index contributed by atoms with van der Waals surface area (Å²) in [5, 5.41) is 19.6. The molecule has 4 atom stereocenters. The van der Waals surface area contributed by atoms with Crippen LogP contribution in [-0.2, 0) is 11.3 Å². The molecule has 3 rings (SSSR count). The molecule has 0 radical (unpaired) electrons. The molecule has 3 heterocycles. The van der Waals surface area contributed by atoms with Crippen LogP contribution in [-0.4, -0.2) is 54.1 Å². The van der Waals surface area contributed by atoms with Crippen LogP contribution in [0.3, 0.4) is 0 Å². The first-order chi connectivity index (χ1) is 9.08. The lowest BCUT2D eigenvalue weighted by Gasteiger charge is -2.15. The number of aliphatic hydroxyl groups is 2. The SMILES string of the molecule is CC1OC(Cn2cnc3c(N)ncnc32)C(O)C1O. The molecule has 8 nitrogen and oxygen atoms in total. The van der Waals surface area contributed by atoms with Gasteiger partial charge in [0.1, 0.15) is 30.2 Å². The van der Waals surface area contributed by atoms with Gasteiger partial charge in [-0.15, -0.1) is 0 Å². The zero-order chi connectivity index (χ0) is 13.6. The molecule has 102 valence electrons. The molecule has 1 saturated heterocycles. The second-order valence-electron chi connectivity index (χ2n) is 4.69. The first-order valence-electron chi connectivity index (χ1n) is 6.01. The fourth-order valence-electron chi connectivity index (χ4n) is 2.31. The third-order valence-electron chi connectivity index (χ3n) is 3.41. The van der Waals surface area contributed by atoms with Gasteiger partial charge in [0.15, 0.2) is 11.5 Å². The normalized spacial score (nSPS) is 31.1. The summed E-state index contributed by atoms with van der Waals surface area (Å²) < 4.78 is 7.24. The fourth-order valence-corrected chi connectivity index (χ4v) is 2.31. The van der Waals surface area contributed by atoms with Crippen LogP contribution in [0.2, 0.25) is 0 Å². The molecule has 0 amide bonds. The van der Waals surface area contributed by atoms with Gasteiger partial charge in [0.2, 0.25) is 0 Å². The second-order valence-corrected chi connectivity index (χ2v) is 4.69. The van der Waals surface area contributed by atoms with E-state index in [0.717, 1.165) is 0 Å². The average molecular weight is 265 g/mol. The molecule has 4 N–H and O–H groups in total. The van der Waals surface area contributed by atoms with Crippen LogP contribution in [0.25, 0.3) is 11.2 Å². The van der Waals surface area contributed by atoms with E-state index in [2.05, 4.69) is 15.0 Å². The quantitative estimate of drug-likeness (QED) is 0.631. The van der Waals surface area contributed by atoms with Crippen LogP contribution < -0.4 is 5.73 Å². The smallest absolute Gasteiger partial charge is 0.165 e. The molecule has 0 aliphatic carbocycles. The van der Waals surface area contributed by atoms with Crippen LogP contribution >= 0.6 is 0 Å². The lowest BCUT2D eigenvalue weighted by Crippen LogP contribution is -2.33. The summed E-state index contributed by atoms with van der Waals surface area (Å²) in [5.41, 5.74) is 6.80. The van der Waals surface area contributed by atoms with E-state index in [9.17, 15) is 10.2 Å². The van der Waals surface area contributed by atoms with Crippen LogP contribution in [0.5, 0.6) is 0 Å². The minimum atomic E-state index is -0.924. The van der Waals surface area contributed by atoms with Gasteiger partial charge in [0.05, 0.1) is 19.0 Å². The maximum atomic E-state index is 9.89. The van der Waals surface area contributed by atoms with Crippen molar-refractivity contribution in [2.75, 3.05) is 5.73 Å². The molecule has 2 aromatic heterocycles. The largest absolute Gasteiger partial charge is 0.388 e. The van der Waals surface area contributed by atoms with E-state index in [4.69, 9.17) is 10.5 Å². The van der Waals surface area contributed by atoms with Crippen molar-refractivity contribution in [3.63, 3.8) is 0 Å². The average Bonchev–Trinajstić information content (AvgIpc) is 2.90. The maximum Gasteiger partial charge on any atom is 0.165 e. The molecule has 0 spiro atoms. The van der Waals surface area contributed by atoms with E-state index in [-0.39, 0.29) is 0 Å². The van der Waals surface area contributed by atoms with Crippen molar-refractivity contribution in [1.29, 1.82) is 0 Å². The zero-order valence-electron chi connectivity index (χ0n) is 10.3. The summed E-state index contributed by atoms with van der Waals surface area (Å²) in [7, 11) is 0. The molecule has 0 bridgehead atoms. The number of aromatic nitrogens is 4. The van der Waals surface area contributed by atoms with Crippen LogP contribution in [0.4, 0.5) is 5.82 Å². The van der Waals surface area contributed by atoms with Crippen molar-refractivity contribution in [1.82, 2.24) is 19.5 Å². The molecular formula is C11H15N5O3. The topological polar surface area (TPSA) is 119 Å². The highest BCUT2D eigenvalue weighted by molar-refractivity contribution is 5.81. The standard InChI is InChI=1S/C11H15N5O3/c1-5-8(17)9(18)6(19-5)2-16-4-15-7-10(12)13-3-14-11(7)16/h3-6,8-9,17-18H,2H2,1H3,(H2,12,13,14). The van der Waals surface area contributed by atoms with E-state index < -0.39 is 24.4 Å². The number of hydrogen-bond donors (Lipinski definition) is 3. The molecule has 19 heavy (non-hydrogen) atoms. The molecule has 1 aliphatic heterocycles. The predicted octanol–water partition coefficient (Wildman–Crippen LogP) is -1.08. The van der Waals surface area contributed by atoms with Crippen molar-refractivity contribution in [3.8, 4) is 0 Å². The van der Waals surface area contributed by atoms with Gasteiger partial charge >= 0.3 is 0 Å².